The maximum Gasteiger partial charge on any atom is 0.0380 e. The molecule has 3 rings (SSSR count). The fraction of sp³-hybridized carbons (Fsp3) is 0. The predicted molar refractivity (Wildman–Crippen MR) is 73.7 cm³/mol. The van der Waals surface area contributed by atoms with Gasteiger partial charge in [0, 0.05) is 11.9 Å². The summed E-state index contributed by atoms with van der Waals surface area (Å²) < 4.78 is 0. The summed E-state index contributed by atoms with van der Waals surface area (Å²) in [5.41, 5.74) is 2.37. The number of aromatic amines is 1. The molecular weight excluding hydrogens is 206 g/mol. The first-order valence-corrected chi connectivity index (χ1v) is 5.73. The van der Waals surface area contributed by atoms with Crippen molar-refractivity contribution in [2.75, 3.05) is 0 Å². The van der Waals surface area contributed by atoms with Crippen LogP contribution in [-0.4, -0.2) is 4.98 Å². The van der Waals surface area contributed by atoms with Crippen molar-refractivity contribution in [3.8, 4) is 0 Å². The Morgan fingerprint density at radius 1 is 0.765 bits per heavy atom. The highest BCUT2D eigenvalue weighted by Crippen LogP contribution is 2.20. The van der Waals surface area contributed by atoms with Gasteiger partial charge in [-0.3, -0.25) is 0 Å². The van der Waals surface area contributed by atoms with Gasteiger partial charge in [-0.1, -0.05) is 48.5 Å². The van der Waals surface area contributed by atoms with Crippen molar-refractivity contribution >= 4 is 22.9 Å². The fourth-order valence-electron chi connectivity index (χ4n) is 2.02. The van der Waals surface area contributed by atoms with Crippen molar-refractivity contribution in [1.82, 2.24) is 4.98 Å². The Morgan fingerprint density at radius 2 is 1.65 bits per heavy atom. The van der Waals surface area contributed by atoms with E-state index in [9.17, 15) is 0 Å². The quantitative estimate of drug-likeness (QED) is 0.660. The highest BCUT2D eigenvalue weighted by Gasteiger charge is 1.96. The number of rotatable bonds is 2. The molecule has 0 aliphatic heterocycles. The van der Waals surface area contributed by atoms with Gasteiger partial charge in [0.05, 0.1) is 0 Å². The lowest BCUT2D eigenvalue weighted by Crippen LogP contribution is -1.77. The summed E-state index contributed by atoms with van der Waals surface area (Å²) in [6, 6.07) is 18.9. The number of hydrogen-bond donors (Lipinski definition) is 1. The maximum atomic E-state index is 3.17. The maximum absolute atomic E-state index is 3.17. The minimum absolute atomic E-state index is 1.12. The molecule has 3 aromatic rings. The molecule has 0 aliphatic carbocycles. The summed E-state index contributed by atoms with van der Waals surface area (Å²) in [6.45, 7) is 0. The molecule has 82 valence electrons. The van der Waals surface area contributed by atoms with E-state index in [1.165, 1.54) is 16.3 Å². The second-order valence-corrected chi connectivity index (χ2v) is 4.03. The molecule has 1 nitrogen and oxygen atoms in total. The molecular formula is C16H13N. The second kappa shape index (κ2) is 4.30. The lowest BCUT2D eigenvalue weighted by atomic mass is 10.0. The Labute approximate surface area is 100 Å². The van der Waals surface area contributed by atoms with E-state index >= 15 is 0 Å². The molecule has 0 amide bonds. The van der Waals surface area contributed by atoms with E-state index in [0.29, 0.717) is 0 Å². The molecule has 2 aromatic carbocycles. The number of hydrogen-bond acceptors (Lipinski definition) is 0. The standard InChI is InChI=1S/C16H13N/c1-2-9-16-13(5-1)6-3-7-14(16)10-11-15-8-4-12-17-15/h1-12,17H. The minimum Gasteiger partial charge on any atom is -0.362 e. The Kier molecular flexibility index (Phi) is 2.51. The average molecular weight is 219 g/mol. The number of aromatic nitrogens is 1. The van der Waals surface area contributed by atoms with Gasteiger partial charge in [0.2, 0.25) is 0 Å². The van der Waals surface area contributed by atoms with E-state index in [-0.39, 0.29) is 0 Å². The van der Waals surface area contributed by atoms with Crippen LogP contribution in [0.5, 0.6) is 0 Å². The largest absolute Gasteiger partial charge is 0.362 e. The molecule has 0 fully saturated rings. The molecule has 1 heterocycles. The molecule has 0 bridgehead atoms. The van der Waals surface area contributed by atoms with Crippen LogP contribution in [0.3, 0.4) is 0 Å². The Morgan fingerprint density at radius 3 is 2.53 bits per heavy atom. The highest BCUT2D eigenvalue weighted by atomic mass is 14.7. The van der Waals surface area contributed by atoms with Crippen LogP contribution in [0.15, 0.2) is 60.8 Å². The van der Waals surface area contributed by atoms with Crippen LogP contribution in [0.25, 0.3) is 22.9 Å². The third kappa shape index (κ3) is 2.00. The third-order valence-electron chi connectivity index (χ3n) is 2.89. The van der Waals surface area contributed by atoms with E-state index in [2.05, 4.69) is 65.7 Å². The van der Waals surface area contributed by atoms with Gasteiger partial charge in [-0.15, -0.1) is 0 Å². The Balaban J connectivity index is 2.06. The van der Waals surface area contributed by atoms with Gasteiger partial charge in [0.25, 0.3) is 0 Å². The van der Waals surface area contributed by atoms with E-state index in [1.807, 2.05) is 12.3 Å². The first kappa shape index (κ1) is 9.91. The summed E-state index contributed by atoms with van der Waals surface area (Å²) in [7, 11) is 0. The Hall–Kier alpha value is -2.28. The normalized spacial score (nSPS) is 11.3. The molecule has 0 atom stereocenters. The van der Waals surface area contributed by atoms with E-state index in [4.69, 9.17) is 0 Å². The summed E-state index contributed by atoms with van der Waals surface area (Å²) in [5, 5.41) is 2.57. The zero-order valence-electron chi connectivity index (χ0n) is 9.43. The second-order valence-electron chi connectivity index (χ2n) is 4.03. The van der Waals surface area contributed by atoms with Gasteiger partial charge in [-0.25, -0.2) is 0 Å². The van der Waals surface area contributed by atoms with Gasteiger partial charge in [0.1, 0.15) is 0 Å². The third-order valence-corrected chi connectivity index (χ3v) is 2.89. The highest BCUT2D eigenvalue weighted by molar-refractivity contribution is 5.92. The SMILES string of the molecule is C(=Cc1cccc2ccccc12)c1ccc[nH]1. The summed E-state index contributed by atoms with van der Waals surface area (Å²) in [5.74, 6) is 0. The summed E-state index contributed by atoms with van der Waals surface area (Å²) >= 11 is 0. The van der Waals surface area contributed by atoms with Crippen LogP contribution in [0, 0.1) is 0 Å². The van der Waals surface area contributed by atoms with Gasteiger partial charge < -0.3 is 4.98 Å². The molecule has 0 unspecified atom stereocenters. The van der Waals surface area contributed by atoms with Crippen LogP contribution in [0.2, 0.25) is 0 Å². The van der Waals surface area contributed by atoms with E-state index in [0.717, 1.165) is 5.69 Å². The van der Waals surface area contributed by atoms with Crippen molar-refractivity contribution in [3.05, 3.63) is 72.1 Å². The molecule has 1 aromatic heterocycles. The zero-order valence-corrected chi connectivity index (χ0v) is 9.43. The van der Waals surface area contributed by atoms with E-state index < -0.39 is 0 Å². The van der Waals surface area contributed by atoms with Gasteiger partial charge >= 0.3 is 0 Å². The molecule has 0 saturated heterocycles. The summed E-state index contributed by atoms with van der Waals surface area (Å²) in [6.07, 6.45) is 6.18. The van der Waals surface area contributed by atoms with Crippen molar-refractivity contribution in [2.24, 2.45) is 0 Å². The zero-order chi connectivity index (χ0) is 11.5. The number of H-pyrrole nitrogens is 1. The molecule has 0 aliphatic rings. The molecule has 0 spiro atoms. The molecule has 0 saturated carbocycles. The number of fused-ring (bicyclic) bond motifs is 1. The first-order valence-electron chi connectivity index (χ1n) is 5.73. The van der Waals surface area contributed by atoms with Crippen LogP contribution < -0.4 is 0 Å². The predicted octanol–water partition coefficient (Wildman–Crippen LogP) is 4.34. The molecule has 17 heavy (non-hydrogen) atoms. The van der Waals surface area contributed by atoms with Gasteiger partial charge in [0.15, 0.2) is 0 Å². The Bertz CT molecular complexity index is 643. The van der Waals surface area contributed by atoms with Crippen LogP contribution in [0.4, 0.5) is 0 Å². The lowest BCUT2D eigenvalue weighted by Gasteiger charge is -2.01. The monoisotopic (exact) mass is 219 g/mol. The lowest BCUT2D eigenvalue weighted by molar-refractivity contribution is 1.38. The topological polar surface area (TPSA) is 15.8 Å². The van der Waals surface area contributed by atoms with E-state index in [1.54, 1.807) is 0 Å². The number of nitrogens with one attached hydrogen (secondary N) is 1. The molecule has 0 radical (unpaired) electrons. The van der Waals surface area contributed by atoms with Crippen LogP contribution >= 0.6 is 0 Å². The van der Waals surface area contributed by atoms with Gasteiger partial charge in [-0.2, -0.15) is 0 Å². The van der Waals surface area contributed by atoms with Crippen molar-refractivity contribution in [1.29, 1.82) is 0 Å². The molecule has 1 N–H and O–H groups in total. The smallest absolute Gasteiger partial charge is 0.0380 e. The van der Waals surface area contributed by atoms with Crippen molar-refractivity contribution < 1.29 is 0 Å². The average Bonchev–Trinajstić information content (AvgIpc) is 2.89. The van der Waals surface area contributed by atoms with Crippen LogP contribution in [-0.2, 0) is 0 Å². The first-order chi connectivity index (χ1) is 8.43. The van der Waals surface area contributed by atoms with Crippen LogP contribution in [0.1, 0.15) is 11.3 Å². The summed E-state index contributed by atoms with van der Waals surface area (Å²) in [4.78, 5) is 3.17. The number of benzene rings is 2. The van der Waals surface area contributed by atoms with Crippen molar-refractivity contribution in [3.63, 3.8) is 0 Å². The minimum atomic E-state index is 1.12. The van der Waals surface area contributed by atoms with Gasteiger partial charge in [-0.05, 0) is 34.5 Å². The fourth-order valence-corrected chi connectivity index (χ4v) is 2.02. The van der Waals surface area contributed by atoms with Crippen molar-refractivity contribution in [2.45, 2.75) is 0 Å². The molecule has 1 heteroatoms.